The van der Waals surface area contributed by atoms with Crippen LogP contribution < -0.4 is 4.74 Å². The van der Waals surface area contributed by atoms with Crippen LogP contribution in [0.15, 0.2) is 71.8 Å². The van der Waals surface area contributed by atoms with Crippen LogP contribution in [0.3, 0.4) is 0 Å². The number of hydrogen-bond donors (Lipinski definition) is 0. The van der Waals surface area contributed by atoms with Gasteiger partial charge >= 0.3 is 5.24 Å². The molecule has 1 aliphatic rings. The first kappa shape index (κ1) is 24.1. The number of rotatable bonds is 7. The molecule has 5 rings (SSSR count). The lowest BCUT2D eigenvalue weighted by Crippen LogP contribution is -2.29. The fourth-order valence-electron chi connectivity index (χ4n) is 4.27. The van der Waals surface area contributed by atoms with Gasteiger partial charge in [-0.3, -0.25) is 4.79 Å². The third kappa shape index (κ3) is 4.99. The van der Waals surface area contributed by atoms with Crippen molar-refractivity contribution >= 4 is 33.7 Å². The van der Waals surface area contributed by atoms with Crippen molar-refractivity contribution in [2.24, 2.45) is 11.0 Å². The Morgan fingerprint density at radius 3 is 2.61 bits per heavy atom. The fraction of sp³-hybridized carbons (Fsp3) is 0.250. The molecule has 36 heavy (non-hydrogen) atoms. The second-order valence-electron chi connectivity index (χ2n) is 9.16. The van der Waals surface area contributed by atoms with Gasteiger partial charge in [0.1, 0.15) is 17.4 Å². The van der Waals surface area contributed by atoms with E-state index in [-0.39, 0.29) is 11.1 Å². The molecule has 0 spiro atoms. The van der Waals surface area contributed by atoms with E-state index in [9.17, 15) is 9.18 Å². The Morgan fingerprint density at radius 2 is 1.86 bits per heavy atom. The van der Waals surface area contributed by atoms with Crippen LogP contribution in [0.1, 0.15) is 25.0 Å². The molecule has 184 valence electrons. The largest absolute Gasteiger partial charge is 0.497 e. The molecule has 3 aromatic carbocycles. The fourth-order valence-corrected chi connectivity index (χ4v) is 5.00. The van der Waals surface area contributed by atoms with Crippen molar-refractivity contribution in [2.45, 2.75) is 26.9 Å². The summed E-state index contributed by atoms with van der Waals surface area (Å²) < 4.78 is 21.0. The van der Waals surface area contributed by atoms with Crippen LogP contribution >= 0.6 is 11.8 Å². The van der Waals surface area contributed by atoms with Gasteiger partial charge in [0, 0.05) is 23.4 Å². The van der Waals surface area contributed by atoms with Crippen molar-refractivity contribution in [3.63, 3.8) is 0 Å². The molecule has 0 fully saturated rings. The van der Waals surface area contributed by atoms with Gasteiger partial charge in [0.15, 0.2) is 0 Å². The van der Waals surface area contributed by atoms with Crippen LogP contribution in [0, 0.1) is 11.7 Å². The molecular formula is C28H27FN4O2S. The summed E-state index contributed by atoms with van der Waals surface area (Å²) in [4.78, 5) is 17.5. The summed E-state index contributed by atoms with van der Waals surface area (Å²) in [7, 11) is 1.66. The zero-order chi connectivity index (χ0) is 25.2. The van der Waals surface area contributed by atoms with Crippen LogP contribution in [-0.4, -0.2) is 38.4 Å². The first-order valence-corrected chi connectivity index (χ1v) is 12.8. The van der Waals surface area contributed by atoms with E-state index in [0.29, 0.717) is 18.2 Å². The second kappa shape index (κ2) is 10.1. The topological polar surface area (TPSA) is 59.7 Å². The Morgan fingerprint density at radius 1 is 1.06 bits per heavy atom. The molecule has 8 heteroatoms. The van der Waals surface area contributed by atoms with Crippen LogP contribution in [0.4, 0.5) is 9.18 Å². The van der Waals surface area contributed by atoms with E-state index in [1.165, 1.54) is 28.9 Å². The van der Waals surface area contributed by atoms with E-state index in [4.69, 9.17) is 9.72 Å². The van der Waals surface area contributed by atoms with E-state index in [2.05, 4.69) is 29.6 Å². The van der Waals surface area contributed by atoms with Gasteiger partial charge in [-0.2, -0.15) is 5.10 Å². The maximum absolute atomic E-state index is 13.3. The first-order chi connectivity index (χ1) is 17.4. The van der Waals surface area contributed by atoms with Crippen molar-refractivity contribution in [1.29, 1.82) is 0 Å². The number of ether oxygens (including phenoxy) is 1. The van der Waals surface area contributed by atoms with Gasteiger partial charge in [-0.1, -0.05) is 55.9 Å². The highest BCUT2D eigenvalue weighted by molar-refractivity contribution is 8.14. The van der Waals surface area contributed by atoms with Crippen LogP contribution in [-0.2, 0) is 13.1 Å². The molecule has 0 aliphatic carbocycles. The van der Waals surface area contributed by atoms with Crippen molar-refractivity contribution in [3.8, 4) is 17.1 Å². The van der Waals surface area contributed by atoms with E-state index in [0.717, 1.165) is 51.6 Å². The predicted molar refractivity (Wildman–Crippen MR) is 143 cm³/mol. The third-order valence-electron chi connectivity index (χ3n) is 5.99. The normalized spacial score (nSPS) is 14.0. The van der Waals surface area contributed by atoms with Crippen molar-refractivity contribution in [1.82, 2.24) is 14.6 Å². The molecule has 0 saturated heterocycles. The second-order valence-corrected chi connectivity index (χ2v) is 10.1. The van der Waals surface area contributed by atoms with Crippen LogP contribution in [0.2, 0.25) is 0 Å². The van der Waals surface area contributed by atoms with E-state index in [1.807, 2.05) is 36.4 Å². The number of hydrogen-bond acceptors (Lipinski definition) is 5. The average Bonchev–Trinajstić information content (AvgIpc) is 3.23. The van der Waals surface area contributed by atoms with Gasteiger partial charge in [-0.05, 0) is 47.9 Å². The Balaban J connectivity index is 1.52. The standard InChI is InChI=1S/C28H27FN4O2S/c1-18(2)15-32-26-12-9-20(14-24(26)30-27(32)21-5-4-6-23(13-21)35-3)25-17-36-28(34)33(31-25)16-19-7-10-22(29)11-8-19/h4-14,18H,15-17H2,1-3H3. The molecule has 0 saturated carbocycles. The van der Waals surface area contributed by atoms with E-state index in [1.54, 1.807) is 19.2 Å². The number of carbonyl (C=O) groups is 1. The van der Waals surface area contributed by atoms with Gasteiger partial charge in [0.25, 0.3) is 0 Å². The lowest BCUT2D eigenvalue weighted by molar-refractivity contribution is 0.222. The third-order valence-corrected chi connectivity index (χ3v) is 6.86. The van der Waals surface area contributed by atoms with Gasteiger partial charge in [-0.25, -0.2) is 14.4 Å². The minimum atomic E-state index is -0.305. The zero-order valence-corrected chi connectivity index (χ0v) is 21.3. The Kier molecular flexibility index (Phi) is 6.78. The number of fused-ring (bicyclic) bond motifs is 1. The SMILES string of the molecule is COc1cccc(-c2nc3cc(C4=NN(Cc5ccc(F)cc5)C(=O)SC4)ccc3n2CC(C)C)c1. The number of imidazole rings is 1. The number of nitrogens with zero attached hydrogens (tertiary/aromatic N) is 4. The molecule has 0 bridgehead atoms. The molecule has 2 heterocycles. The number of hydrazone groups is 1. The highest BCUT2D eigenvalue weighted by Gasteiger charge is 2.23. The number of thioether (sulfide) groups is 1. The number of benzene rings is 3. The summed E-state index contributed by atoms with van der Waals surface area (Å²) >= 11 is 1.22. The Bertz CT molecular complexity index is 1450. The summed E-state index contributed by atoms with van der Waals surface area (Å²) in [5.74, 6) is 2.30. The quantitative estimate of drug-likeness (QED) is 0.286. The predicted octanol–water partition coefficient (Wildman–Crippen LogP) is 6.58. The van der Waals surface area contributed by atoms with Gasteiger partial charge < -0.3 is 9.30 Å². The lowest BCUT2D eigenvalue weighted by atomic mass is 10.1. The minimum Gasteiger partial charge on any atom is -0.497 e. The Hall–Kier alpha value is -3.65. The van der Waals surface area contributed by atoms with Crippen molar-refractivity contribution in [3.05, 3.63) is 83.7 Å². The van der Waals surface area contributed by atoms with Gasteiger partial charge in [0.05, 0.1) is 30.4 Å². The molecule has 1 aromatic heterocycles. The molecule has 0 N–H and O–H groups in total. The highest BCUT2D eigenvalue weighted by atomic mass is 32.2. The highest BCUT2D eigenvalue weighted by Crippen LogP contribution is 2.30. The number of aromatic nitrogens is 2. The summed E-state index contributed by atoms with van der Waals surface area (Å²) in [6.07, 6.45) is 0. The molecule has 0 unspecified atom stereocenters. The summed E-state index contributed by atoms with van der Waals surface area (Å²) in [5.41, 5.74) is 5.48. The lowest BCUT2D eigenvalue weighted by Gasteiger charge is -2.23. The average molecular weight is 503 g/mol. The molecule has 0 atom stereocenters. The maximum atomic E-state index is 13.3. The molecular weight excluding hydrogens is 475 g/mol. The smallest absolute Gasteiger partial charge is 0.302 e. The number of methoxy groups -OCH3 is 1. The zero-order valence-electron chi connectivity index (χ0n) is 20.4. The van der Waals surface area contributed by atoms with Gasteiger partial charge in [-0.15, -0.1) is 0 Å². The maximum Gasteiger partial charge on any atom is 0.302 e. The first-order valence-electron chi connectivity index (χ1n) is 11.8. The van der Waals surface area contributed by atoms with Crippen LogP contribution in [0.25, 0.3) is 22.4 Å². The molecule has 4 aromatic rings. The minimum absolute atomic E-state index is 0.120. The molecule has 6 nitrogen and oxygen atoms in total. The number of halogens is 1. The van der Waals surface area contributed by atoms with Crippen LogP contribution in [0.5, 0.6) is 5.75 Å². The van der Waals surface area contributed by atoms with E-state index >= 15 is 0 Å². The summed E-state index contributed by atoms with van der Waals surface area (Å²) in [6, 6.07) is 20.2. The summed E-state index contributed by atoms with van der Waals surface area (Å²) in [6.45, 7) is 5.51. The Labute approximate surface area is 213 Å². The monoisotopic (exact) mass is 502 g/mol. The molecule has 0 radical (unpaired) electrons. The molecule has 1 amide bonds. The van der Waals surface area contributed by atoms with Crippen molar-refractivity contribution < 1.29 is 13.9 Å². The summed E-state index contributed by atoms with van der Waals surface area (Å²) in [5, 5.41) is 5.98. The van der Waals surface area contributed by atoms with E-state index < -0.39 is 0 Å². The number of amides is 1. The number of carbonyl (C=O) groups excluding carboxylic acids is 1. The van der Waals surface area contributed by atoms with Crippen molar-refractivity contribution in [2.75, 3.05) is 12.9 Å². The molecule has 1 aliphatic heterocycles. The van der Waals surface area contributed by atoms with Gasteiger partial charge in [0.2, 0.25) is 0 Å².